The SMILES string of the molecule is Cc1[c-]c(-c2nccc3c2ccc2cc(C)ccc23)cc(C)c1.Cn1ccnc1-c1ccccc1O.[Ir]. The Hall–Kier alpha value is -3.79. The van der Waals surface area contributed by atoms with E-state index in [0.29, 0.717) is 0 Å². The van der Waals surface area contributed by atoms with Crippen LogP contribution in [0.3, 0.4) is 0 Å². The Morgan fingerprint density at radius 2 is 1.54 bits per heavy atom. The standard InChI is InChI=1S/C22H18N.C10H10N2O.Ir/c1-14-4-6-19-17(11-14)5-7-21-20(19)8-9-23-22(21)18-12-15(2)10-16(3)13-18;1-12-7-6-11-10(12)8-4-2-3-5-9(8)13;/h4-12H,1-3H3;2-7,13H,1H3;/q-1;;. The van der Waals surface area contributed by atoms with Gasteiger partial charge in [0.2, 0.25) is 0 Å². The number of pyridine rings is 1. The van der Waals surface area contributed by atoms with E-state index in [4.69, 9.17) is 0 Å². The fourth-order valence-electron chi connectivity index (χ4n) is 4.64. The first-order chi connectivity index (χ1) is 17.4. The average molecular weight is 663 g/mol. The van der Waals surface area contributed by atoms with Crippen LogP contribution in [0.4, 0.5) is 0 Å². The molecule has 0 amide bonds. The van der Waals surface area contributed by atoms with Gasteiger partial charge in [-0.2, -0.15) is 0 Å². The molecule has 0 spiro atoms. The van der Waals surface area contributed by atoms with Gasteiger partial charge in [0, 0.05) is 45.7 Å². The van der Waals surface area contributed by atoms with Crippen LogP contribution in [0.5, 0.6) is 5.75 Å². The Morgan fingerprint density at radius 3 is 2.27 bits per heavy atom. The van der Waals surface area contributed by atoms with Gasteiger partial charge in [-0.25, -0.2) is 4.98 Å². The Balaban J connectivity index is 0.000000195. The number of phenols is 1. The summed E-state index contributed by atoms with van der Waals surface area (Å²) in [6.07, 6.45) is 5.46. The summed E-state index contributed by atoms with van der Waals surface area (Å²) in [5.74, 6) is 1.04. The van der Waals surface area contributed by atoms with E-state index in [0.717, 1.165) is 28.2 Å². The molecular formula is C32H28IrN3O-. The van der Waals surface area contributed by atoms with Crippen molar-refractivity contribution in [1.29, 1.82) is 0 Å². The maximum Gasteiger partial charge on any atom is 0.143 e. The second-order valence-electron chi connectivity index (χ2n) is 9.18. The number of fused-ring (bicyclic) bond motifs is 3. The van der Waals surface area contributed by atoms with E-state index < -0.39 is 0 Å². The fraction of sp³-hybridized carbons (Fsp3) is 0.125. The monoisotopic (exact) mass is 663 g/mol. The zero-order chi connectivity index (χ0) is 25.2. The number of benzene rings is 4. The van der Waals surface area contributed by atoms with Crippen molar-refractivity contribution in [1.82, 2.24) is 14.5 Å². The minimum atomic E-state index is 0. The van der Waals surface area contributed by atoms with Crippen molar-refractivity contribution in [3.63, 3.8) is 0 Å². The van der Waals surface area contributed by atoms with Crippen molar-refractivity contribution in [2.45, 2.75) is 20.8 Å². The molecule has 0 bridgehead atoms. The molecule has 1 radical (unpaired) electrons. The number of hydrogen-bond acceptors (Lipinski definition) is 3. The van der Waals surface area contributed by atoms with Crippen LogP contribution in [-0.4, -0.2) is 19.6 Å². The summed E-state index contributed by atoms with van der Waals surface area (Å²) >= 11 is 0. The van der Waals surface area contributed by atoms with Crippen molar-refractivity contribution in [2.24, 2.45) is 7.05 Å². The van der Waals surface area contributed by atoms with Gasteiger partial charge in [0.25, 0.3) is 0 Å². The molecule has 187 valence electrons. The smallest absolute Gasteiger partial charge is 0.143 e. The predicted molar refractivity (Wildman–Crippen MR) is 148 cm³/mol. The summed E-state index contributed by atoms with van der Waals surface area (Å²) in [5, 5.41) is 14.5. The molecule has 2 heterocycles. The van der Waals surface area contributed by atoms with E-state index in [-0.39, 0.29) is 25.9 Å². The molecular weight excluding hydrogens is 635 g/mol. The zero-order valence-corrected chi connectivity index (χ0v) is 23.7. The molecule has 0 aliphatic carbocycles. The summed E-state index contributed by atoms with van der Waals surface area (Å²) < 4.78 is 1.87. The van der Waals surface area contributed by atoms with Crippen molar-refractivity contribution in [3.05, 3.63) is 114 Å². The van der Waals surface area contributed by atoms with Crippen molar-refractivity contribution >= 4 is 21.5 Å². The van der Waals surface area contributed by atoms with Gasteiger partial charge in [-0.05, 0) is 52.4 Å². The predicted octanol–water partition coefficient (Wildman–Crippen LogP) is 7.57. The first kappa shape index (κ1) is 26.3. The Morgan fingerprint density at radius 1 is 0.757 bits per heavy atom. The average Bonchev–Trinajstić information content (AvgIpc) is 3.29. The van der Waals surface area contributed by atoms with Gasteiger partial charge in [-0.1, -0.05) is 61.9 Å². The van der Waals surface area contributed by atoms with Gasteiger partial charge in [-0.15, -0.1) is 34.9 Å². The molecule has 4 aromatic carbocycles. The molecule has 6 aromatic rings. The maximum absolute atomic E-state index is 9.55. The molecule has 6 rings (SSSR count). The number of aromatic hydroxyl groups is 1. The van der Waals surface area contributed by atoms with Gasteiger partial charge in [-0.3, -0.25) is 0 Å². The zero-order valence-electron chi connectivity index (χ0n) is 21.3. The molecule has 0 saturated carbocycles. The molecule has 2 aromatic heterocycles. The molecule has 0 fully saturated rings. The number of para-hydroxylation sites is 1. The number of imidazole rings is 1. The topological polar surface area (TPSA) is 50.9 Å². The summed E-state index contributed by atoms with van der Waals surface area (Å²) in [5.41, 5.74) is 6.52. The summed E-state index contributed by atoms with van der Waals surface area (Å²) in [6, 6.07) is 28.0. The van der Waals surface area contributed by atoms with Crippen LogP contribution >= 0.6 is 0 Å². The molecule has 1 N–H and O–H groups in total. The molecule has 37 heavy (non-hydrogen) atoms. The van der Waals surface area contributed by atoms with Crippen LogP contribution in [0, 0.1) is 26.8 Å². The largest absolute Gasteiger partial charge is 0.507 e. The second kappa shape index (κ2) is 11.1. The van der Waals surface area contributed by atoms with E-state index in [1.165, 1.54) is 32.7 Å². The van der Waals surface area contributed by atoms with Gasteiger partial charge >= 0.3 is 0 Å². The van der Waals surface area contributed by atoms with E-state index in [1.54, 1.807) is 18.3 Å². The van der Waals surface area contributed by atoms with Crippen LogP contribution in [0.1, 0.15) is 16.7 Å². The molecule has 5 heteroatoms. The van der Waals surface area contributed by atoms with Crippen LogP contribution in [0.15, 0.2) is 91.4 Å². The fourth-order valence-corrected chi connectivity index (χ4v) is 4.64. The van der Waals surface area contributed by atoms with E-state index in [9.17, 15) is 5.11 Å². The van der Waals surface area contributed by atoms with E-state index >= 15 is 0 Å². The number of hydrogen-bond donors (Lipinski definition) is 1. The van der Waals surface area contributed by atoms with E-state index in [2.05, 4.69) is 85.3 Å². The van der Waals surface area contributed by atoms with Crippen LogP contribution in [-0.2, 0) is 27.2 Å². The van der Waals surface area contributed by atoms with Gasteiger partial charge < -0.3 is 14.7 Å². The number of nitrogens with zero attached hydrogens (tertiary/aromatic N) is 3. The first-order valence-electron chi connectivity index (χ1n) is 12.0. The summed E-state index contributed by atoms with van der Waals surface area (Å²) in [4.78, 5) is 8.80. The normalized spacial score (nSPS) is 10.6. The summed E-state index contributed by atoms with van der Waals surface area (Å²) in [6.45, 7) is 6.33. The quantitative estimate of drug-likeness (QED) is 0.154. The van der Waals surface area contributed by atoms with Crippen molar-refractivity contribution in [3.8, 4) is 28.4 Å². The van der Waals surface area contributed by atoms with Gasteiger partial charge in [0.05, 0.1) is 5.56 Å². The minimum Gasteiger partial charge on any atom is -0.507 e. The Kier molecular flexibility index (Phi) is 7.87. The summed E-state index contributed by atoms with van der Waals surface area (Å²) in [7, 11) is 1.90. The van der Waals surface area contributed by atoms with Crippen LogP contribution in [0.2, 0.25) is 0 Å². The van der Waals surface area contributed by atoms with Crippen molar-refractivity contribution < 1.29 is 25.2 Å². The molecule has 0 unspecified atom stereocenters. The molecule has 0 aliphatic heterocycles. The third-order valence-electron chi connectivity index (χ3n) is 6.29. The van der Waals surface area contributed by atoms with Crippen LogP contribution in [0.25, 0.3) is 44.2 Å². The molecule has 0 atom stereocenters. The number of rotatable bonds is 2. The Bertz CT molecular complexity index is 1680. The van der Waals surface area contributed by atoms with Gasteiger partial charge in [0.1, 0.15) is 11.6 Å². The van der Waals surface area contributed by atoms with Crippen LogP contribution < -0.4 is 0 Å². The Labute approximate surface area is 231 Å². The number of phenolic OH excluding ortho intramolecular Hbond substituents is 1. The molecule has 0 saturated heterocycles. The minimum absolute atomic E-state index is 0. The van der Waals surface area contributed by atoms with Gasteiger partial charge in [0.15, 0.2) is 0 Å². The van der Waals surface area contributed by atoms with Crippen molar-refractivity contribution in [2.75, 3.05) is 0 Å². The molecule has 0 aliphatic rings. The third-order valence-corrected chi connectivity index (χ3v) is 6.29. The third kappa shape index (κ3) is 5.48. The number of aromatic nitrogens is 3. The second-order valence-corrected chi connectivity index (χ2v) is 9.18. The first-order valence-corrected chi connectivity index (χ1v) is 12.0. The van der Waals surface area contributed by atoms with E-state index in [1.807, 2.05) is 36.1 Å². The molecule has 4 nitrogen and oxygen atoms in total. The maximum atomic E-state index is 9.55. The number of aryl methyl sites for hydroxylation is 4.